The van der Waals surface area contributed by atoms with Gasteiger partial charge in [0, 0.05) is 6.92 Å². The number of hydrogen-bond donors (Lipinski definition) is 1. The van der Waals surface area contributed by atoms with Crippen molar-refractivity contribution in [2.75, 3.05) is 0 Å². The van der Waals surface area contributed by atoms with E-state index in [1.54, 1.807) is 0 Å². The molecule has 0 N–H and O–H groups in total. The van der Waals surface area contributed by atoms with Gasteiger partial charge in [-0.3, -0.25) is 4.79 Å². The Morgan fingerprint density at radius 1 is 1.80 bits per heavy atom. The molecule has 3 heteroatoms. The van der Waals surface area contributed by atoms with Gasteiger partial charge >= 0.3 is 29.6 Å². The zero-order valence-electron chi connectivity index (χ0n) is 3.36. The molecular formula is C2H4NaOS+. The van der Waals surface area contributed by atoms with Crippen LogP contribution in [0.4, 0.5) is 0 Å². The van der Waals surface area contributed by atoms with Crippen LogP contribution in [0.5, 0.6) is 0 Å². The third-order valence-corrected chi connectivity index (χ3v) is 0. The summed E-state index contributed by atoms with van der Waals surface area (Å²) in [6, 6.07) is 0. The summed E-state index contributed by atoms with van der Waals surface area (Å²) in [4.78, 5) is 9.31. The Morgan fingerprint density at radius 2 is 1.80 bits per heavy atom. The second-order valence-electron chi connectivity index (χ2n) is 0.519. The normalized spacial score (nSPS) is 5.20. The van der Waals surface area contributed by atoms with Crippen molar-refractivity contribution < 1.29 is 34.4 Å². The van der Waals surface area contributed by atoms with E-state index in [0.29, 0.717) is 0 Å². The van der Waals surface area contributed by atoms with Crippen LogP contribution >= 0.6 is 12.6 Å². The fourth-order valence-electron chi connectivity index (χ4n) is 0. The standard InChI is InChI=1S/C2H4OS.Na/c1-2(3)4;/h1H3,(H,3,4);/q;+1. The summed E-state index contributed by atoms with van der Waals surface area (Å²) in [6.45, 7) is 1.39. The van der Waals surface area contributed by atoms with Crippen LogP contribution in [0.1, 0.15) is 6.92 Å². The zero-order valence-corrected chi connectivity index (χ0v) is 6.25. The van der Waals surface area contributed by atoms with E-state index in [2.05, 4.69) is 12.6 Å². The van der Waals surface area contributed by atoms with Crippen molar-refractivity contribution in [2.45, 2.75) is 6.92 Å². The van der Waals surface area contributed by atoms with E-state index in [-0.39, 0.29) is 34.7 Å². The first kappa shape index (κ1) is 9.39. The van der Waals surface area contributed by atoms with E-state index in [1.807, 2.05) is 0 Å². The molecule has 0 aliphatic carbocycles. The average molecular weight is 99.1 g/mol. The molecule has 0 aromatic carbocycles. The molecule has 0 saturated carbocycles. The van der Waals surface area contributed by atoms with Crippen molar-refractivity contribution in [3.05, 3.63) is 0 Å². The Hall–Kier alpha value is 1.02. The monoisotopic (exact) mass is 99.0 g/mol. The van der Waals surface area contributed by atoms with Crippen molar-refractivity contribution in [2.24, 2.45) is 0 Å². The fourth-order valence-corrected chi connectivity index (χ4v) is 0. The van der Waals surface area contributed by atoms with E-state index >= 15 is 0 Å². The first-order valence-corrected chi connectivity index (χ1v) is 1.37. The molecule has 0 radical (unpaired) electrons. The topological polar surface area (TPSA) is 17.1 Å². The van der Waals surface area contributed by atoms with Gasteiger partial charge in [0.1, 0.15) is 0 Å². The van der Waals surface area contributed by atoms with Gasteiger partial charge in [-0.1, -0.05) is 0 Å². The van der Waals surface area contributed by atoms with Gasteiger partial charge in [0.2, 0.25) is 0 Å². The quantitative estimate of drug-likeness (QED) is 0.262. The maximum absolute atomic E-state index is 9.31. The number of hydrogen-bond acceptors (Lipinski definition) is 1. The first-order valence-electron chi connectivity index (χ1n) is 0.928. The van der Waals surface area contributed by atoms with Gasteiger partial charge in [-0.05, 0) is 0 Å². The molecule has 0 aliphatic heterocycles. The van der Waals surface area contributed by atoms with Crippen LogP contribution in [0.3, 0.4) is 0 Å². The Balaban J connectivity index is 0. The molecule has 0 bridgehead atoms. The number of thiol groups is 1. The smallest absolute Gasteiger partial charge is 0.288 e. The zero-order chi connectivity index (χ0) is 3.58. The maximum atomic E-state index is 9.31. The van der Waals surface area contributed by atoms with E-state index in [4.69, 9.17) is 0 Å². The third-order valence-electron chi connectivity index (χ3n) is 0. The molecule has 0 unspecified atom stereocenters. The average Bonchev–Trinajstić information content (AvgIpc) is 0.811. The molecule has 0 aromatic rings. The summed E-state index contributed by atoms with van der Waals surface area (Å²) in [7, 11) is 0. The summed E-state index contributed by atoms with van der Waals surface area (Å²) in [6.07, 6.45) is 0. The summed E-state index contributed by atoms with van der Waals surface area (Å²) < 4.78 is 0. The Kier molecular flexibility index (Phi) is 9.43. The molecule has 1 nitrogen and oxygen atoms in total. The third kappa shape index (κ3) is 44.0. The van der Waals surface area contributed by atoms with Gasteiger partial charge in [-0.2, -0.15) is 0 Å². The summed E-state index contributed by atoms with van der Waals surface area (Å²) >= 11 is 3.33. The van der Waals surface area contributed by atoms with Crippen LogP contribution in [0.15, 0.2) is 0 Å². The molecule has 0 aliphatic rings. The van der Waals surface area contributed by atoms with Crippen molar-refractivity contribution in [1.29, 1.82) is 0 Å². The van der Waals surface area contributed by atoms with Crippen LogP contribution in [-0.2, 0) is 4.79 Å². The molecule has 24 valence electrons. The second kappa shape index (κ2) is 5.02. The predicted octanol–water partition coefficient (Wildman–Crippen LogP) is -2.53. The molecular weight excluding hydrogens is 95.1 g/mol. The minimum absolute atomic E-state index is 0. The molecule has 5 heavy (non-hydrogen) atoms. The second-order valence-corrected chi connectivity index (χ2v) is 1.15. The van der Waals surface area contributed by atoms with Gasteiger partial charge in [-0.15, -0.1) is 12.6 Å². The minimum atomic E-state index is -0.139. The van der Waals surface area contributed by atoms with Gasteiger partial charge in [0.15, 0.2) is 5.12 Å². The SMILES string of the molecule is CC(=O)S.[Na+]. The van der Waals surface area contributed by atoms with E-state index in [0.717, 1.165) is 0 Å². The van der Waals surface area contributed by atoms with Gasteiger partial charge in [-0.25, -0.2) is 0 Å². The Morgan fingerprint density at radius 3 is 1.80 bits per heavy atom. The molecule has 0 aromatic heterocycles. The molecule has 0 saturated heterocycles. The van der Waals surface area contributed by atoms with Crippen LogP contribution in [0.2, 0.25) is 0 Å². The minimum Gasteiger partial charge on any atom is -0.288 e. The van der Waals surface area contributed by atoms with Crippen LogP contribution in [-0.4, -0.2) is 5.12 Å². The predicted molar refractivity (Wildman–Crippen MR) is 19.7 cm³/mol. The van der Waals surface area contributed by atoms with Crippen molar-refractivity contribution >= 4 is 17.7 Å². The largest absolute Gasteiger partial charge is 1.00 e. The van der Waals surface area contributed by atoms with Crippen LogP contribution < -0.4 is 29.6 Å². The van der Waals surface area contributed by atoms with E-state index < -0.39 is 0 Å². The molecule has 0 fully saturated rings. The van der Waals surface area contributed by atoms with Crippen LogP contribution in [0.25, 0.3) is 0 Å². The molecule has 0 amide bonds. The molecule has 0 spiro atoms. The van der Waals surface area contributed by atoms with Crippen molar-refractivity contribution in [3.8, 4) is 0 Å². The van der Waals surface area contributed by atoms with Crippen LogP contribution in [0, 0.1) is 0 Å². The molecule has 0 heterocycles. The number of carbonyl (C=O) groups is 1. The van der Waals surface area contributed by atoms with E-state index in [9.17, 15) is 4.79 Å². The van der Waals surface area contributed by atoms with Gasteiger partial charge in [0.05, 0.1) is 0 Å². The van der Waals surface area contributed by atoms with Crippen molar-refractivity contribution in [3.63, 3.8) is 0 Å². The molecule has 0 rings (SSSR count). The Bertz CT molecular complexity index is 32.6. The number of rotatable bonds is 0. The van der Waals surface area contributed by atoms with Crippen molar-refractivity contribution in [1.82, 2.24) is 0 Å². The summed E-state index contributed by atoms with van der Waals surface area (Å²) in [5, 5.41) is -0.139. The maximum Gasteiger partial charge on any atom is 1.00 e. The molecule has 0 atom stereocenters. The first-order chi connectivity index (χ1) is 1.73. The van der Waals surface area contributed by atoms with Gasteiger partial charge in [0.25, 0.3) is 0 Å². The summed E-state index contributed by atoms with van der Waals surface area (Å²) in [5.41, 5.74) is 0. The van der Waals surface area contributed by atoms with Gasteiger partial charge < -0.3 is 0 Å². The summed E-state index contributed by atoms with van der Waals surface area (Å²) in [5.74, 6) is 0. The Labute approximate surface area is 58.8 Å². The fraction of sp³-hybridized carbons (Fsp3) is 0.500. The number of carbonyl (C=O) groups excluding carboxylic acids is 1. The van der Waals surface area contributed by atoms with E-state index in [1.165, 1.54) is 6.92 Å².